The van der Waals surface area contributed by atoms with E-state index in [9.17, 15) is 22.4 Å². The standard InChI is InChI=1S/C27H29ClFN3O4S/c1-3-24(27(34)30-4-2)31(18-20-14-16-21(29)17-15-20)26(33)19-32(25-13-9-8-12-23(25)28)37(35,36)22-10-6-5-7-11-22/h5-17,24H,3-4,18-19H2,1-2H3,(H,30,34)/t24-/m0/s1. The average Bonchev–Trinajstić information content (AvgIpc) is 2.89. The molecule has 10 heteroatoms. The second-order valence-electron chi connectivity index (χ2n) is 8.24. The van der Waals surface area contributed by atoms with E-state index in [0.717, 1.165) is 4.31 Å². The fourth-order valence-corrected chi connectivity index (χ4v) is 5.63. The summed E-state index contributed by atoms with van der Waals surface area (Å²) in [6.45, 7) is 3.27. The van der Waals surface area contributed by atoms with Crippen molar-refractivity contribution in [1.29, 1.82) is 0 Å². The van der Waals surface area contributed by atoms with Crippen molar-refractivity contribution in [1.82, 2.24) is 10.2 Å². The zero-order valence-corrected chi connectivity index (χ0v) is 22.2. The molecule has 0 saturated carbocycles. The van der Waals surface area contributed by atoms with Crippen molar-refractivity contribution >= 4 is 39.1 Å². The highest BCUT2D eigenvalue weighted by atomic mass is 35.5. The first-order chi connectivity index (χ1) is 17.7. The largest absolute Gasteiger partial charge is 0.355 e. The van der Waals surface area contributed by atoms with Crippen LogP contribution in [0.1, 0.15) is 25.8 Å². The molecule has 0 saturated heterocycles. The SMILES string of the molecule is CCNC(=O)[C@H](CC)N(Cc1ccc(F)cc1)C(=O)CN(c1ccccc1Cl)S(=O)(=O)c1ccccc1. The number of carbonyl (C=O) groups excluding carboxylic acids is 2. The molecule has 0 unspecified atom stereocenters. The van der Waals surface area contributed by atoms with Crippen LogP contribution in [-0.2, 0) is 26.2 Å². The quantitative estimate of drug-likeness (QED) is 0.381. The lowest BCUT2D eigenvalue weighted by molar-refractivity contribution is -0.140. The van der Waals surface area contributed by atoms with Crippen LogP contribution in [0.4, 0.5) is 10.1 Å². The predicted molar refractivity (Wildman–Crippen MR) is 142 cm³/mol. The van der Waals surface area contributed by atoms with E-state index in [0.29, 0.717) is 12.1 Å². The summed E-state index contributed by atoms with van der Waals surface area (Å²) in [6.07, 6.45) is 0.288. The monoisotopic (exact) mass is 545 g/mol. The summed E-state index contributed by atoms with van der Waals surface area (Å²) in [4.78, 5) is 28.0. The number of carbonyl (C=O) groups is 2. The van der Waals surface area contributed by atoms with Gasteiger partial charge >= 0.3 is 0 Å². The Labute approximate surface area is 221 Å². The lowest BCUT2D eigenvalue weighted by Crippen LogP contribution is -2.52. The first-order valence-electron chi connectivity index (χ1n) is 11.8. The number of benzene rings is 3. The first-order valence-corrected chi connectivity index (χ1v) is 13.6. The maximum atomic E-state index is 13.8. The Morgan fingerprint density at radius 3 is 2.16 bits per heavy atom. The van der Waals surface area contributed by atoms with Gasteiger partial charge in [0.1, 0.15) is 18.4 Å². The van der Waals surface area contributed by atoms with Crippen LogP contribution in [0, 0.1) is 5.82 Å². The molecule has 1 N–H and O–H groups in total. The molecule has 0 bridgehead atoms. The molecular weight excluding hydrogens is 517 g/mol. The molecule has 0 aliphatic heterocycles. The summed E-state index contributed by atoms with van der Waals surface area (Å²) < 4.78 is 41.8. The smallest absolute Gasteiger partial charge is 0.264 e. The maximum absolute atomic E-state index is 13.8. The van der Waals surface area contributed by atoms with Crippen molar-refractivity contribution in [2.45, 2.75) is 37.8 Å². The highest BCUT2D eigenvalue weighted by Crippen LogP contribution is 2.30. The Kier molecular flexibility index (Phi) is 9.66. The van der Waals surface area contributed by atoms with Crippen LogP contribution in [0.15, 0.2) is 83.8 Å². The normalized spacial score (nSPS) is 12.0. The second-order valence-corrected chi connectivity index (χ2v) is 10.5. The van der Waals surface area contributed by atoms with Gasteiger partial charge in [-0.25, -0.2) is 12.8 Å². The summed E-state index contributed by atoms with van der Waals surface area (Å²) >= 11 is 6.37. The Morgan fingerprint density at radius 1 is 0.946 bits per heavy atom. The van der Waals surface area contributed by atoms with Crippen molar-refractivity contribution in [2.24, 2.45) is 0 Å². The van der Waals surface area contributed by atoms with E-state index in [1.54, 1.807) is 44.2 Å². The van der Waals surface area contributed by atoms with Crippen LogP contribution in [0.5, 0.6) is 0 Å². The van der Waals surface area contributed by atoms with Gasteiger partial charge in [-0.3, -0.25) is 13.9 Å². The molecule has 7 nitrogen and oxygen atoms in total. The summed E-state index contributed by atoms with van der Waals surface area (Å²) in [6, 6.07) is 18.8. The summed E-state index contributed by atoms with van der Waals surface area (Å²) in [7, 11) is -4.20. The summed E-state index contributed by atoms with van der Waals surface area (Å²) in [5, 5.41) is 2.88. The summed E-state index contributed by atoms with van der Waals surface area (Å²) in [5.41, 5.74) is 0.724. The Morgan fingerprint density at radius 2 is 1.57 bits per heavy atom. The van der Waals surface area contributed by atoms with Crippen LogP contribution >= 0.6 is 11.6 Å². The van der Waals surface area contributed by atoms with Gasteiger partial charge in [-0.2, -0.15) is 0 Å². The first kappa shape index (κ1) is 28.1. The zero-order valence-electron chi connectivity index (χ0n) is 20.6. The Bertz CT molecular complexity index is 1320. The molecule has 2 amide bonds. The molecule has 0 heterocycles. The molecule has 3 rings (SSSR count). The van der Waals surface area contributed by atoms with Crippen molar-refractivity contribution in [3.63, 3.8) is 0 Å². The highest BCUT2D eigenvalue weighted by Gasteiger charge is 2.34. The van der Waals surface area contributed by atoms with E-state index in [-0.39, 0.29) is 34.5 Å². The number of nitrogens with one attached hydrogen (secondary N) is 1. The van der Waals surface area contributed by atoms with Crippen molar-refractivity contribution in [3.8, 4) is 0 Å². The molecule has 1 atom stereocenters. The number of hydrogen-bond donors (Lipinski definition) is 1. The number of sulfonamides is 1. The predicted octanol–water partition coefficient (Wildman–Crippen LogP) is 4.62. The third kappa shape index (κ3) is 6.87. The third-order valence-electron chi connectivity index (χ3n) is 5.73. The number of nitrogens with zero attached hydrogens (tertiary/aromatic N) is 2. The molecule has 0 aromatic heterocycles. The van der Waals surface area contributed by atoms with Gasteiger partial charge < -0.3 is 10.2 Å². The average molecular weight is 546 g/mol. The number of rotatable bonds is 11. The van der Waals surface area contributed by atoms with Crippen LogP contribution in [0.25, 0.3) is 0 Å². The number of anilines is 1. The van der Waals surface area contributed by atoms with E-state index in [1.165, 1.54) is 53.4 Å². The van der Waals surface area contributed by atoms with Gasteiger partial charge in [0.25, 0.3) is 10.0 Å². The minimum Gasteiger partial charge on any atom is -0.355 e. The van der Waals surface area contributed by atoms with E-state index < -0.39 is 34.3 Å². The molecule has 3 aromatic carbocycles. The molecular formula is C27H29ClFN3O4S. The van der Waals surface area contributed by atoms with Crippen LogP contribution < -0.4 is 9.62 Å². The van der Waals surface area contributed by atoms with Gasteiger partial charge in [-0.15, -0.1) is 0 Å². The minimum absolute atomic E-state index is 0.0106. The molecule has 196 valence electrons. The second kappa shape index (κ2) is 12.7. The van der Waals surface area contributed by atoms with E-state index in [1.807, 2.05) is 0 Å². The minimum atomic E-state index is -4.20. The van der Waals surface area contributed by atoms with Crippen molar-refractivity contribution < 1.29 is 22.4 Å². The molecule has 0 aliphatic rings. The number of para-hydroxylation sites is 1. The molecule has 0 spiro atoms. The molecule has 0 aliphatic carbocycles. The third-order valence-corrected chi connectivity index (χ3v) is 7.83. The van der Waals surface area contributed by atoms with Gasteiger partial charge in [0.2, 0.25) is 11.8 Å². The Balaban J connectivity index is 2.05. The van der Waals surface area contributed by atoms with Gasteiger partial charge in [0, 0.05) is 13.1 Å². The zero-order chi connectivity index (χ0) is 27.0. The molecule has 0 radical (unpaired) electrons. The molecule has 0 fully saturated rings. The van der Waals surface area contributed by atoms with Crippen molar-refractivity contribution in [2.75, 3.05) is 17.4 Å². The van der Waals surface area contributed by atoms with Crippen LogP contribution in [0.2, 0.25) is 5.02 Å². The lowest BCUT2D eigenvalue weighted by Gasteiger charge is -2.33. The van der Waals surface area contributed by atoms with E-state index in [2.05, 4.69) is 5.32 Å². The van der Waals surface area contributed by atoms with Gasteiger partial charge in [-0.1, -0.05) is 61.0 Å². The fraction of sp³-hybridized carbons (Fsp3) is 0.259. The maximum Gasteiger partial charge on any atom is 0.264 e. The number of hydrogen-bond acceptors (Lipinski definition) is 4. The van der Waals surface area contributed by atoms with Crippen LogP contribution in [0.3, 0.4) is 0 Å². The van der Waals surface area contributed by atoms with E-state index in [4.69, 9.17) is 11.6 Å². The number of amides is 2. The van der Waals surface area contributed by atoms with Crippen molar-refractivity contribution in [3.05, 3.63) is 95.3 Å². The topological polar surface area (TPSA) is 86.8 Å². The molecule has 37 heavy (non-hydrogen) atoms. The molecule has 3 aromatic rings. The fourth-order valence-electron chi connectivity index (χ4n) is 3.89. The number of halogens is 2. The van der Waals surface area contributed by atoms with Crippen LogP contribution in [-0.4, -0.2) is 44.3 Å². The lowest BCUT2D eigenvalue weighted by atomic mass is 10.1. The van der Waals surface area contributed by atoms with Gasteiger partial charge in [0.15, 0.2) is 0 Å². The van der Waals surface area contributed by atoms with Gasteiger partial charge in [-0.05, 0) is 55.3 Å². The van der Waals surface area contributed by atoms with E-state index >= 15 is 0 Å². The number of likely N-dealkylation sites (N-methyl/N-ethyl adjacent to an activating group) is 1. The van der Waals surface area contributed by atoms with Gasteiger partial charge in [0.05, 0.1) is 15.6 Å². The Hall–Kier alpha value is -3.43. The summed E-state index contributed by atoms with van der Waals surface area (Å²) in [5.74, 6) is -1.41. The highest BCUT2D eigenvalue weighted by molar-refractivity contribution is 7.92.